The molecule has 1 aromatic rings. The van der Waals surface area contributed by atoms with Crippen molar-refractivity contribution in [3.05, 3.63) is 29.3 Å². The van der Waals surface area contributed by atoms with Crippen LogP contribution in [0, 0.1) is 23.8 Å². The van der Waals surface area contributed by atoms with Crippen molar-refractivity contribution in [2.45, 2.75) is 0 Å². The van der Waals surface area contributed by atoms with E-state index in [9.17, 15) is 4.79 Å². The zero-order valence-electron chi connectivity index (χ0n) is 11.0. The number of hydrogen-bond acceptors (Lipinski definition) is 3. The van der Waals surface area contributed by atoms with Crippen LogP contribution >= 0.6 is 11.6 Å². The van der Waals surface area contributed by atoms with E-state index in [1.807, 2.05) is 14.1 Å². The normalized spacial score (nSPS) is 8.89. The van der Waals surface area contributed by atoms with Gasteiger partial charge in [0.15, 0.2) is 0 Å². The van der Waals surface area contributed by atoms with Crippen molar-refractivity contribution in [1.82, 2.24) is 10.0 Å². The van der Waals surface area contributed by atoms with Crippen molar-refractivity contribution >= 4 is 23.2 Å². The molecule has 4 nitrogen and oxygen atoms in total. The quantitative estimate of drug-likeness (QED) is 0.506. The van der Waals surface area contributed by atoms with Crippen LogP contribution < -0.4 is 5.32 Å². The summed E-state index contributed by atoms with van der Waals surface area (Å²) >= 11 is 5.74. The van der Waals surface area contributed by atoms with Crippen molar-refractivity contribution in [3.8, 4) is 23.8 Å². The van der Waals surface area contributed by atoms with E-state index in [0.717, 1.165) is 0 Å². The highest BCUT2D eigenvalue weighted by Crippen LogP contribution is 2.12. The van der Waals surface area contributed by atoms with Crippen molar-refractivity contribution in [1.29, 1.82) is 0 Å². The fraction of sp³-hybridized carbons (Fsp3) is 0.214. The molecule has 0 saturated heterocycles. The Morgan fingerprint density at radius 1 is 1.16 bits per heavy atom. The number of nitrogens with one attached hydrogen (secondary N) is 1. The zero-order valence-corrected chi connectivity index (χ0v) is 11.7. The number of carbonyl (C=O) groups excluding carboxylic acids is 1. The summed E-state index contributed by atoms with van der Waals surface area (Å²) < 4.78 is 0. The van der Waals surface area contributed by atoms with Crippen LogP contribution in [0.3, 0.4) is 0 Å². The summed E-state index contributed by atoms with van der Waals surface area (Å²) in [5.41, 5.74) is 0.641. The van der Waals surface area contributed by atoms with Gasteiger partial charge in [0.25, 0.3) is 0 Å². The Morgan fingerprint density at radius 3 is 2.37 bits per heavy atom. The molecule has 0 atom stereocenters. The average molecular weight is 276 g/mol. The van der Waals surface area contributed by atoms with Gasteiger partial charge in [-0.3, -0.25) is 9.80 Å². The minimum Gasteiger partial charge on any atom is -0.315 e. The van der Waals surface area contributed by atoms with Gasteiger partial charge in [-0.1, -0.05) is 11.6 Å². The first-order valence-corrected chi connectivity index (χ1v) is 5.86. The highest BCUT2D eigenvalue weighted by Gasteiger charge is 1.96. The molecule has 0 heterocycles. The lowest BCUT2D eigenvalue weighted by atomic mass is 10.3. The number of rotatable bonds is 2. The van der Waals surface area contributed by atoms with E-state index >= 15 is 0 Å². The molecule has 1 N–H and O–H groups in total. The van der Waals surface area contributed by atoms with E-state index in [1.54, 1.807) is 41.3 Å². The van der Waals surface area contributed by atoms with E-state index in [2.05, 4.69) is 29.1 Å². The lowest BCUT2D eigenvalue weighted by Crippen LogP contribution is -2.28. The molecule has 1 rings (SSSR count). The van der Waals surface area contributed by atoms with Crippen LogP contribution in [-0.2, 0) is 4.79 Å². The van der Waals surface area contributed by atoms with E-state index in [4.69, 9.17) is 11.6 Å². The molecule has 98 valence electrons. The molecule has 0 aromatic heterocycles. The van der Waals surface area contributed by atoms with Crippen LogP contribution in [0.1, 0.15) is 0 Å². The fourth-order valence-corrected chi connectivity index (χ4v) is 1.12. The van der Waals surface area contributed by atoms with E-state index in [-0.39, 0.29) is 0 Å². The molecule has 0 unspecified atom stereocenters. The van der Waals surface area contributed by atoms with Gasteiger partial charge in [0, 0.05) is 49.7 Å². The molecule has 0 radical (unpaired) electrons. The highest BCUT2D eigenvalue weighted by atomic mass is 35.5. The Hall–Kier alpha value is -2.14. The lowest BCUT2D eigenvalue weighted by molar-refractivity contribution is -0.111. The Kier molecular flexibility index (Phi) is 5.75. The van der Waals surface area contributed by atoms with Gasteiger partial charge in [-0.2, -0.15) is 0 Å². The second kappa shape index (κ2) is 7.33. The molecule has 0 fully saturated rings. The molecular formula is C14H14ClN3O. The van der Waals surface area contributed by atoms with Crippen molar-refractivity contribution in [2.24, 2.45) is 0 Å². The van der Waals surface area contributed by atoms with Crippen molar-refractivity contribution < 1.29 is 4.79 Å². The Balaban J connectivity index is 2.55. The van der Waals surface area contributed by atoms with Gasteiger partial charge in [0.1, 0.15) is 0 Å². The topological polar surface area (TPSA) is 35.6 Å². The summed E-state index contributed by atoms with van der Waals surface area (Å²) in [7, 11) is 5.51. The third-order valence-corrected chi connectivity index (χ3v) is 2.41. The Labute approximate surface area is 118 Å². The number of halogens is 1. The standard InChI is InChI=1S/C14H14ClN3O/c1-17(2)18(3)11-5-4-6-14(19)16-13-9-7-12(15)8-10-13/h7-10H,1-3H3,(H,16,19). The molecule has 0 bridgehead atoms. The molecule has 0 saturated carbocycles. The number of nitrogens with zero attached hydrogens (tertiary/aromatic N) is 2. The van der Waals surface area contributed by atoms with E-state index < -0.39 is 5.91 Å². The maximum atomic E-state index is 11.5. The van der Waals surface area contributed by atoms with Crippen LogP contribution in [0.15, 0.2) is 24.3 Å². The van der Waals surface area contributed by atoms with Crippen LogP contribution in [0.25, 0.3) is 0 Å². The number of benzene rings is 1. The first kappa shape index (κ1) is 14.9. The second-order valence-electron chi connectivity index (χ2n) is 3.82. The van der Waals surface area contributed by atoms with Gasteiger partial charge >= 0.3 is 5.91 Å². The third kappa shape index (κ3) is 5.83. The first-order chi connectivity index (χ1) is 8.99. The third-order valence-electron chi connectivity index (χ3n) is 2.16. The maximum absolute atomic E-state index is 11.5. The first-order valence-electron chi connectivity index (χ1n) is 5.48. The minimum atomic E-state index is -0.413. The van der Waals surface area contributed by atoms with Gasteiger partial charge in [-0.15, -0.1) is 0 Å². The summed E-state index contributed by atoms with van der Waals surface area (Å²) in [6.07, 6.45) is 0. The summed E-state index contributed by atoms with van der Waals surface area (Å²) in [6.45, 7) is 0. The van der Waals surface area contributed by atoms with Gasteiger partial charge < -0.3 is 5.32 Å². The molecule has 1 amide bonds. The van der Waals surface area contributed by atoms with E-state index in [1.165, 1.54) is 0 Å². The molecule has 0 aliphatic carbocycles. The summed E-state index contributed by atoms with van der Waals surface area (Å²) in [6, 6.07) is 9.53. The van der Waals surface area contributed by atoms with Gasteiger partial charge in [0.2, 0.25) is 0 Å². The largest absolute Gasteiger partial charge is 0.315 e. The number of anilines is 1. The SMILES string of the molecule is CN(C)N(C)C#CC#CC(=O)Nc1ccc(Cl)cc1. The lowest BCUT2D eigenvalue weighted by Gasteiger charge is -2.18. The Bertz CT molecular complexity index is 558. The van der Waals surface area contributed by atoms with Crippen LogP contribution in [0.2, 0.25) is 5.02 Å². The second-order valence-corrected chi connectivity index (χ2v) is 4.26. The Morgan fingerprint density at radius 2 is 1.79 bits per heavy atom. The zero-order chi connectivity index (χ0) is 14.3. The molecule has 1 aromatic carbocycles. The molecular weight excluding hydrogens is 262 g/mol. The molecule has 0 aliphatic rings. The molecule has 0 spiro atoms. The maximum Gasteiger partial charge on any atom is 0.301 e. The van der Waals surface area contributed by atoms with Gasteiger partial charge in [-0.25, -0.2) is 5.01 Å². The highest BCUT2D eigenvalue weighted by molar-refractivity contribution is 6.30. The molecule has 5 heteroatoms. The van der Waals surface area contributed by atoms with Crippen LogP contribution in [-0.4, -0.2) is 37.1 Å². The molecule has 19 heavy (non-hydrogen) atoms. The number of carbonyl (C=O) groups is 1. The fourth-order valence-electron chi connectivity index (χ4n) is 0.992. The molecule has 0 aliphatic heterocycles. The van der Waals surface area contributed by atoms with Gasteiger partial charge in [0.05, 0.1) is 0 Å². The van der Waals surface area contributed by atoms with Crippen LogP contribution in [0.5, 0.6) is 0 Å². The summed E-state index contributed by atoms with van der Waals surface area (Å²) in [5, 5.41) is 6.68. The van der Waals surface area contributed by atoms with Crippen LogP contribution in [0.4, 0.5) is 5.69 Å². The average Bonchev–Trinajstić information content (AvgIpc) is 2.37. The number of amides is 1. The van der Waals surface area contributed by atoms with Crippen molar-refractivity contribution in [3.63, 3.8) is 0 Å². The van der Waals surface area contributed by atoms with E-state index in [0.29, 0.717) is 10.7 Å². The monoisotopic (exact) mass is 275 g/mol. The van der Waals surface area contributed by atoms with Gasteiger partial charge in [-0.05, 0) is 30.2 Å². The number of hydrogen-bond donors (Lipinski definition) is 1. The predicted molar refractivity (Wildman–Crippen MR) is 77.1 cm³/mol. The minimum absolute atomic E-state index is 0.413. The van der Waals surface area contributed by atoms with Crippen molar-refractivity contribution in [2.75, 3.05) is 26.5 Å². The summed E-state index contributed by atoms with van der Waals surface area (Å²) in [5.74, 6) is 7.04. The predicted octanol–water partition coefficient (Wildman–Crippen LogP) is 1.65. The smallest absolute Gasteiger partial charge is 0.301 e. The summed E-state index contributed by atoms with van der Waals surface area (Å²) in [4.78, 5) is 11.5. The number of hydrazine groups is 1.